The van der Waals surface area contributed by atoms with Crippen molar-refractivity contribution in [1.29, 1.82) is 0 Å². The van der Waals surface area contributed by atoms with Crippen LogP contribution in [-0.2, 0) is 0 Å². The van der Waals surface area contributed by atoms with Gasteiger partial charge in [-0.1, -0.05) is 86.6 Å². The van der Waals surface area contributed by atoms with Gasteiger partial charge in [-0.25, -0.2) is 9.97 Å². The molecule has 2 nitrogen and oxygen atoms in total. The Kier molecular flexibility index (Phi) is 5.34. The molecule has 0 unspecified atom stereocenters. The molecule has 1 aliphatic carbocycles. The number of nitrogens with zero attached hydrogens (tertiary/aromatic N) is 2. The van der Waals surface area contributed by atoms with Crippen molar-refractivity contribution in [3.05, 3.63) is 66.0 Å². The van der Waals surface area contributed by atoms with Crippen LogP contribution in [-0.4, -0.2) is 18.0 Å². The predicted octanol–water partition coefficient (Wildman–Crippen LogP) is 8.57. The molecule has 0 bridgehead atoms. The molecular weight excluding hydrogens is 448 g/mol. The highest BCUT2D eigenvalue weighted by atomic mass is 32.1. The van der Waals surface area contributed by atoms with Crippen molar-refractivity contribution in [3.63, 3.8) is 0 Å². The van der Waals surface area contributed by atoms with E-state index in [-0.39, 0.29) is 0 Å². The van der Waals surface area contributed by atoms with Gasteiger partial charge in [0.1, 0.15) is 6.33 Å². The molecule has 172 valence electrons. The van der Waals surface area contributed by atoms with E-state index in [1.54, 1.807) is 11.9 Å². The number of benzene rings is 3. The van der Waals surface area contributed by atoms with Crippen molar-refractivity contribution < 1.29 is 0 Å². The molecule has 0 N–H and O–H groups in total. The Morgan fingerprint density at radius 1 is 0.853 bits per heavy atom. The lowest BCUT2D eigenvalue weighted by atomic mass is 9.82. The molecule has 2 aromatic heterocycles. The number of aryl methyl sites for hydroxylation is 1. The molecular formula is C30H32N2SSi. The van der Waals surface area contributed by atoms with Crippen LogP contribution in [0.3, 0.4) is 0 Å². The average Bonchev–Trinajstić information content (AvgIpc) is 3.23. The van der Waals surface area contributed by atoms with Gasteiger partial charge >= 0.3 is 0 Å². The van der Waals surface area contributed by atoms with Crippen molar-refractivity contribution in [2.75, 3.05) is 0 Å². The molecule has 1 fully saturated rings. The first-order chi connectivity index (χ1) is 16.4. The fourth-order valence-corrected chi connectivity index (χ4v) is 8.82. The van der Waals surface area contributed by atoms with Gasteiger partial charge in [-0.05, 0) is 53.6 Å². The summed E-state index contributed by atoms with van der Waals surface area (Å²) in [6.45, 7) is 9.63. The summed E-state index contributed by atoms with van der Waals surface area (Å²) in [4.78, 5) is 9.64. The van der Waals surface area contributed by atoms with Crippen LogP contribution in [0, 0.1) is 6.92 Å². The van der Waals surface area contributed by atoms with Gasteiger partial charge in [0.15, 0.2) is 0 Å². The first-order valence-electron chi connectivity index (χ1n) is 12.6. The standard InChI is InChI=1S/C30H32N2SSi/c1-19-23(20-10-6-5-7-11-20)14-15-25-28-30(33-29(19)25)27(31-18-32-28)22-16-21-12-8-9-13-24(21)26(17-22)34(2,3)4/h8-9,12-18,20H,5-7,10-11H2,1-4H3. The van der Waals surface area contributed by atoms with E-state index in [0.717, 1.165) is 11.2 Å². The zero-order valence-electron chi connectivity index (χ0n) is 20.6. The third kappa shape index (κ3) is 3.59. The molecule has 2 heterocycles. The van der Waals surface area contributed by atoms with Crippen LogP contribution in [0.2, 0.25) is 19.6 Å². The zero-order chi connectivity index (χ0) is 23.4. The van der Waals surface area contributed by atoms with Crippen molar-refractivity contribution >= 4 is 55.7 Å². The maximum Gasteiger partial charge on any atom is 0.116 e. The Morgan fingerprint density at radius 2 is 1.65 bits per heavy atom. The normalized spacial score (nSPS) is 15.5. The molecule has 0 amide bonds. The second-order valence-electron chi connectivity index (χ2n) is 11.0. The van der Waals surface area contributed by atoms with Crippen molar-refractivity contribution in [2.24, 2.45) is 0 Å². The SMILES string of the molecule is Cc1c(C2CCCCC2)ccc2c1sc1c(-c3cc([Si](C)(C)C)c4ccccc4c3)ncnc12. The molecule has 0 aliphatic heterocycles. The summed E-state index contributed by atoms with van der Waals surface area (Å²) in [6.07, 6.45) is 8.55. The molecule has 1 saturated carbocycles. The van der Waals surface area contributed by atoms with Gasteiger partial charge in [0, 0.05) is 15.6 Å². The minimum atomic E-state index is -1.54. The molecule has 0 spiro atoms. The molecule has 6 rings (SSSR count). The second-order valence-corrected chi connectivity index (χ2v) is 17.0. The van der Waals surface area contributed by atoms with Crippen LogP contribution < -0.4 is 5.19 Å². The van der Waals surface area contributed by atoms with Gasteiger partial charge < -0.3 is 0 Å². The fourth-order valence-electron chi connectivity index (χ4n) is 5.92. The summed E-state index contributed by atoms with van der Waals surface area (Å²) in [7, 11) is -1.54. The van der Waals surface area contributed by atoms with E-state index in [9.17, 15) is 0 Å². The van der Waals surface area contributed by atoms with Crippen LogP contribution in [0.4, 0.5) is 0 Å². The molecule has 5 aromatic rings. The second kappa shape index (κ2) is 8.28. The van der Waals surface area contributed by atoms with Gasteiger partial charge in [0.2, 0.25) is 0 Å². The number of fused-ring (bicyclic) bond motifs is 4. The highest BCUT2D eigenvalue weighted by Gasteiger charge is 2.23. The Labute approximate surface area is 207 Å². The summed E-state index contributed by atoms with van der Waals surface area (Å²) >= 11 is 1.89. The Morgan fingerprint density at radius 3 is 2.44 bits per heavy atom. The van der Waals surface area contributed by atoms with Crippen molar-refractivity contribution in [3.8, 4) is 11.3 Å². The first-order valence-corrected chi connectivity index (χ1v) is 16.9. The maximum atomic E-state index is 4.86. The molecule has 0 saturated heterocycles. The van der Waals surface area contributed by atoms with Gasteiger partial charge in [-0.15, -0.1) is 11.3 Å². The summed E-state index contributed by atoms with van der Waals surface area (Å²) in [5.41, 5.74) is 6.42. The Hall–Kier alpha value is -2.56. The summed E-state index contributed by atoms with van der Waals surface area (Å²) in [5.74, 6) is 0.716. The first kappa shape index (κ1) is 21.9. The largest absolute Gasteiger partial charge is 0.235 e. The van der Waals surface area contributed by atoms with Gasteiger partial charge in [-0.2, -0.15) is 0 Å². The minimum absolute atomic E-state index is 0.716. The minimum Gasteiger partial charge on any atom is -0.235 e. The lowest BCUT2D eigenvalue weighted by molar-refractivity contribution is 0.443. The molecule has 0 atom stereocenters. The number of hydrogen-bond acceptors (Lipinski definition) is 3. The Bertz CT molecular complexity index is 1540. The van der Waals surface area contributed by atoms with E-state index >= 15 is 0 Å². The van der Waals surface area contributed by atoms with E-state index < -0.39 is 8.07 Å². The molecule has 3 aromatic carbocycles. The average molecular weight is 481 g/mol. The van der Waals surface area contributed by atoms with Crippen LogP contribution in [0.25, 0.3) is 42.3 Å². The monoisotopic (exact) mass is 480 g/mol. The summed E-state index contributed by atoms with van der Waals surface area (Å²) in [5, 5.41) is 5.48. The predicted molar refractivity (Wildman–Crippen MR) is 151 cm³/mol. The zero-order valence-corrected chi connectivity index (χ0v) is 22.4. The Balaban J connectivity index is 1.58. The van der Waals surface area contributed by atoms with E-state index in [4.69, 9.17) is 9.97 Å². The molecule has 4 heteroatoms. The smallest absolute Gasteiger partial charge is 0.116 e. The third-order valence-corrected chi connectivity index (χ3v) is 11.0. The van der Waals surface area contributed by atoms with Crippen molar-refractivity contribution in [1.82, 2.24) is 9.97 Å². The molecule has 1 aliphatic rings. The van der Waals surface area contributed by atoms with Gasteiger partial charge in [0.25, 0.3) is 0 Å². The summed E-state index contributed by atoms with van der Waals surface area (Å²) < 4.78 is 2.62. The van der Waals surface area contributed by atoms with Crippen LogP contribution in [0.15, 0.2) is 54.9 Å². The lowest BCUT2D eigenvalue weighted by Gasteiger charge is -2.23. The van der Waals surface area contributed by atoms with Gasteiger partial charge in [0.05, 0.1) is 24.0 Å². The highest BCUT2D eigenvalue weighted by molar-refractivity contribution is 7.26. The van der Waals surface area contributed by atoms with Crippen LogP contribution in [0.5, 0.6) is 0 Å². The highest BCUT2D eigenvalue weighted by Crippen LogP contribution is 2.43. The maximum absolute atomic E-state index is 4.86. The topological polar surface area (TPSA) is 25.8 Å². The van der Waals surface area contributed by atoms with E-state index in [1.807, 2.05) is 11.3 Å². The quantitative estimate of drug-likeness (QED) is 0.242. The summed E-state index contributed by atoms with van der Waals surface area (Å²) in [6, 6.07) is 18.3. The van der Waals surface area contributed by atoms with E-state index in [0.29, 0.717) is 5.92 Å². The third-order valence-electron chi connectivity index (χ3n) is 7.70. The van der Waals surface area contributed by atoms with E-state index in [1.165, 1.54) is 74.0 Å². The number of rotatable bonds is 3. The van der Waals surface area contributed by atoms with Crippen LogP contribution >= 0.6 is 11.3 Å². The van der Waals surface area contributed by atoms with Crippen molar-refractivity contribution in [2.45, 2.75) is 64.6 Å². The van der Waals surface area contributed by atoms with Crippen LogP contribution in [0.1, 0.15) is 49.1 Å². The molecule has 0 radical (unpaired) electrons. The number of hydrogen-bond donors (Lipinski definition) is 0. The lowest BCUT2D eigenvalue weighted by Crippen LogP contribution is -2.38. The number of aromatic nitrogens is 2. The molecule has 34 heavy (non-hydrogen) atoms. The number of thiophene rings is 1. The van der Waals surface area contributed by atoms with Gasteiger partial charge in [-0.3, -0.25) is 0 Å². The van der Waals surface area contributed by atoms with E-state index in [2.05, 4.69) is 75.1 Å². The fraction of sp³-hybridized carbons (Fsp3) is 0.333.